The fraction of sp³-hybridized carbons (Fsp3) is 0.556. The van der Waals surface area contributed by atoms with Gasteiger partial charge in [0.05, 0.1) is 13.8 Å². The molecule has 1 fully saturated rings. The molecule has 0 heterocycles. The summed E-state index contributed by atoms with van der Waals surface area (Å²) in [6, 6.07) is 2.76. The molecule has 0 unspecified atom stereocenters. The zero-order valence-corrected chi connectivity index (χ0v) is 17.5. The third-order valence-electron chi connectivity index (χ3n) is 4.97. The molecule has 0 atom stereocenters. The van der Waals surface area contributed by atoms with Crippen molar-refractivity contribution < 1.29 is 58.4 Å². The Morgan fingerprint density at radius 2 is 1.61 bits per heavy atom. The first-order valence-corrected chi connectivity index (χ1v) is 11.0. The summed E-state index contributed by atoms with van der Waals surface area (Å²) in [5.41, 5.74) is -6.38. The van der Waals surface area contributed by atoms with Gasteiger partial charge >= 0.3 is 29.9 Å². The molecule has 7 nitrogen and oxygen atoms in total. The molecule has 1 aliphatic carbocycles. The third kappa shape index (κ3) is 6.19. The van der Waals surface area contributed by atoms with Crippen LogP contribution in [0.25, 0.3) is 0 Å². The number of carbonyl (C=O) groups is 2. The lowest BCUT2D eigenvalue weighted by Crippen LogP contribution is -2.63. The molecule has 1 N–H and O–H groups in total. The molecular weight excluding hydrogens is 485 g/mol. The fourth-order valence-corrected chi connectivity index (χ4v) is 4.14. The highest BCUT2D eigenvalue weighted by molar-refractivity contribution is 7.85. The maximum Gasteiger partial charge on any atom is 0.438 e. The zero-order valence-electron chi connectivity index (χ0n) is 16.7. The molecule has 0 amide bonds. The van der Waals surface area contributed by atoms with Crippen molar-refractivity contribution >= 4 is 29.9 Å². The molecule has 0 bridgehead atoms. The van der Waals surface area contributed by atoms with Gasteiger partial charge in [0.15, 0.2) is 0 Å². The van der Waals surface area contributed by atoms with Crippen LogP contribution in [0.15, 0.2) is 18.2 Å². The summed E-state index contributed by atoms with van der Waals surface area (Å²) in [4.78, 5) is 24.7. The lowest BCUT2D eigenvalue weighted by Gasteiger charge is -2.35. The second kappa shape index (κ2) is 9.53. The maximum atomic E-state index is 13.4. The largest absolute Gasteiger partial charge is 0.438 e. The molecular formula is C18H17BF6O7S. The highest BCUT2D eigenvalue weighted by Gasteiger charge is 2.76. The Balaban J connectivity index is 2.52. The van der Waals surface area contributed by atoms with E-state index in [0.29, 0.717) is 25.7 Å². The minimum absolute atomic E-state index is 0.179. The molecule has 0 aromatic heterocycles. The third-order valence-corrected chi connectivity index (χ3v) is 5.74. The van der Waals surface area contributed by atoms with Crippen LogP contribution in [0.3, 0.4) is 0 Å². The first kappa shape index (κ1) is 27.0. The van der Waals surface area contributed by atoms with Gasteiger partial charge in [-0.1, -0.05) is 30.8 Å². The van der Waals surface area contributed by atoms with Gasteiger partial charge in [-0.15, -0.1) is 0 Å². The summed E-state index contributed by atoms with van der Waals surface area (Å²) in [6.07, 6.45) is -10.9. The number of alkyl halides is 6. The van der Waals surface area contributed by atoms with Crippen molar-refractivity contribution in [3.63, 3.8) is 0 Å². The van der Waals surface area contributed by atoms with Crippen LogP contribution in [0.2, 0.25) is 0 Å². The van der Waals surface area contributed by atoms with Crippen molar-refractivity contribution in [2.45, 2.75) is 50.0 Å². The maximum absolute atomic E-state index is 13.4. The predicted octanol–water partition coefficient (Wildman–Crippen LogP) is 3.36. The average Bonchev–Trinajstić information content (AvgIpc) is 3.19. The van der Waals surface area contributed by atoms with Crippen LogP contribution in [0.5, 0.6) is 5.75 Å². The van der Waals surface area contributed by atoms with E-state index in [2.05, 4.69) is 4.74 Å². The minimum Gasteiger partial charge on any atom is -0.434 e. The number of hydrogen-bond donors (Lipinski definition) is 1. The summed E-state index contributed by atoms with van der Waals surface area (Å²) in [5, 5.41) is 0. The summed E-state index contributed by atoms with van der Waals surface area (Å²) in [7, 11) is -0.511. The van der Waals surface area contributed by atoms with Crippen LogP contribution in [0.1, 0.15) is 41.6 Å². The van der Waals surface area contributed by atoms with Crippen molar-refractivity contribution in [3.8, 4) is 5.75 Å². The average molecular weight is 502 g/mol. The van der Waals surface area contributed by atoms with Crippen molar-refractivity contribution in [1.82, 2.24) is 0 Å². The SMILES string of the molecule is [B]Cc1ccc(C(=O)OC(CS(=O)(=O)O)(C(F)(F)F)C(F)(F)F)c(OC(=O)C2CCCC2)c1. The molecule has 0 aliphatic heterocycles. The second-order valence-electron chi connectivity index (χ2n) is 7.38. The Bertz CT molecular complexity index is 987. The minimum atomic E-state index is -6.49. The van der Waals surface area contributed by atoms with Crippen molar-refractivity contribution in [3.05, 3.63) is 29.3 Å². The van der Waals surface area contributed by atoms with Crippen molar-refractivity contribution in [1.29, 1.82) is 0 Å². The Labute approximate surface area is 185 Å². The van der Waals surface area contributed by atoms with Crippen LogP contribution in [-0.4, -0.2) is 56.5 Å². The molecule has 15 heteroatoms. The molecule has 1 saturated carbocycles. The molecule has 1 aromatic carbocycles. The van der Waals surface area contributed by atoms with E-state index < -0.39 is 63.0 Å². The number of halogens is 6. The van der Waals surface area contributed by atoms with Gasteiger partial charge in [-0.05, 0) is 25.0 Å². The number of carbonyl (C=O) groups excluding carboxylic acids is 2. The molecule has 2 rings (SSSR count). The quantitative estimate of drug-likeness (QED) is 0.200. The van der Waals surface area contributed by atoms with E-state index in [-0.39, 0.29) is 11.9 Å². The molecule has 1 aromatic rings. The molecule has 1 aliphatic rings. The van der Waals surface area contributed by atoms with Gasteiger partial charge in [-0.25, -0.2) is 4.79 Å². The lowest BCUT2D eigenvalue weighted by atomic mass is 9.95. The van der Waals surface area contributed by atoms with E-state index in [0.717, 1.165) is 18.2 Å². The van der Waals surface area contributed by atoms with Crippen molar-refractivity contribution in [2.24, 2.45) is 5.92 Å². The first-order chi connectivity index (χ1) is 15.0. The van der Waals surface area contributed by atoms with Crippen LogP contribution in [-0.2, 0) is 26.0 Å². The highest BCUT2D eigenvalue weighted by atomic mass is 32.2. The van der Waals surface area contributed by atoms with Gasteiger partial charge in [0.25, 0.3) is 10.1 Å². The fourth-order valence-electron chi connectivity index (χ4n) is 3.24. The van der Waals surface area contributed by atoms with Crippen LogP contribution in [0, 0.1) is 5.92 Å². The molecule has 0 saturated heterocycles. The van der Waals surface area contributed by atoms with Crippen LogP contribution in [0.4, 0.5) is 26.3 Å². The van der Waals surface area contributed by atoms with Gasteiger partial charge in [0, 0.05) is 0 Å². The van der Waals surface area contributed by atoms with E-state index >= 15 is 0 Å². The number of ether oxygens (including phenoxy) is 2. The van der Waals surface area contributed by atoms with E-state index in [1.54, 1.807) is 0 Å². The van der Waals surface area contributed by atoms with Gasteiger partial charge in [0.1, 0.15) is 17.1 Å². The summed E-state index contributed by atoms with van der Waals surface area (Å²) < 4.78 is 120. The Morgan fingerprint density at radius 1 is 1.06 bits per heavy atom. The lowest BCUT2D eigenvalue weighted by molar-refractivity contribution is -0.356. The van der Waals surface area contributed by atoms with Crippen molar-refractivity contribution in [2.75, 3.05) is 5.75 Å². The Kier molecular flexibility index (Phi) is 7.78. The zero-order chi connectivity index (χ0) is 25.2. The Hall–Kier alpha value is -2.29. The summed E-state index contributed by atoms with van der Waals surface area (Å²) in [6.45, 7) is 0. The normalized spacial score (nSPS) is 16.0. The molecule has 182 valence electrons. The van der Waals surface area contributed by atoms with Gasteiger partial charge in [-0.2, -0.15) is 34.8 Å². The number of rotatable bonds is 7. The molecule has 2 radical (unpaired) electrons. The standard InChI is InChI=1S/C18H17BF6O7S/c19-8-10-5-6-12(13(7-10)31-14(26)11-3-1-2-4-11)15(27)32-16(17(20,21)22,18(23,24)25)9-33(28,29)30/h5-7,11H,1-4,8-9H2,(H,28,29,30). The van der Waals surface area contributed by atoms with Crippen LogP contribution < -0.4 is 4.74 Å². The summed E-state index contributed by atoms with van der Waals surface area (Å²) >= 11 is 0. The van der Waals surface area contributed by atoms with E-state index in [1.807, 2.05) is 0 Å². The monoisotopic (exact) mass is 502 g/mol. The molecule has 33 heavy (non-hydrogen) atoms. The summed E-state index contributed by atoms with van der Waals surface area (Å²) in [5.74, 6) is -7.46. The van der Waals surface area contributed by atoms with Gasteiger partial charge < -0.3 is 9.47 Å². The molecule has 0 spiro atoms. The first-order valence-electron chi connectivity index (χ1n) is 9.37. The number of esters is 2. The predicted molar refractivity (Wildman–Crippen MR) is 100 cm³/mol. The van der Waals surface area contributed by atoms with Crippen LogP contribution >= 0.6 is 0 Å². The highest BCUT2D eigenvalue weighted by Crippen LogP contribution is 2.47. The van der Waals surface area contributed by atoms with E-state index in [9.17, 15) is 44.3 Å². The van der Waals surface area contributed by atoms with E-state index in [4.69, 9.17) is 17.1 Å². The smallest absolute Gasteiger partial charge is 0.434 e. The Morgan fingerprint density at radius 3 is 2.06 bits per heavy atom. The topological polar surface area (TPSA) is 107 Å². The van der Waals surface area contributed by atoms with Gasteiger partial charge in [-0.3, -0.25) is 9.35 Å². The number of benzene rings is 1. The number of hydrogen-bond acceptors (Lipinski definition) is 6. The second-order valence-corrected chi connectivity index (χ2v) is 8.83. The van der Waals surface area contributed by atoms with Gasteiger partial charge in [0.2, 0.25) is 0 Å². The van der Waals surface area contributed by atoms with E-state index in [1.165, 1.54) is 0 Å².